The Balaban J connectivity index is 2.98. The minimum atomic E-state index is -0.999. The van der Waals surface area contributed by atoms with Crippen LogP contribution in [0.1, 0.15) is 13.8 Å². The molecule has 1 heterocycles. The first-order valence-electron chi connectivity index (χ1n) is 4.05. The van der Waals surface area contributed by atoms with Gasteiger partial charge in [0.1, 0.15) is 0 Å². The van der Waals surface area contributed by atoms with Crippen LogP contribution in [-0.2, 0) is 9.53 Å². The maximum Gasteiger partial charge on any atom is 0.186 e. The van der Waals surface area contributed by atoms with Crippen molar-refractivity contribution in [1.82, 2.24) is 0 Å². The molecule has 0 spiro atoms. The molecule has 0 saturated heterocycles. The first-order chi connectivity index (χ1) is 6.04. The second kappa shape index (κ2) is 3.30. The number of ketones is 1. The van der Waals surface area contributed by atoms with Crippen LogP contribution in [0.2, 0.25) is 0 Å². The second-order valence-electron chi connectivity index (χ2n) is 3.14. The molecule has 0 radical (unpaired) electrons. The Labute approximate surface area is 76.9 Å². The Morgan fingerprint density at radius 2 is 2.54 bits per heavy atom. The number of carbonyl (C=O) groups excluding carboxylic acids is 1. The molecular formula is C9H13NO3. The number of aliphatic imine (C=N–C) groups is 1. The van der Waals surface area contributed by atoms with Crippen LogP contribution in [0.3, 0.4) is 0 Å². The molecule has 2 unspecified atom stereocenters. The van der Waals surface area contributed by atoms with Gasteiger partial charge in [0.05, 0.1) is 6.61 Å². The normalized spacial score (nSPS) is 32.2. The van der Waals surface area contributed by atoms with Gasteiger partial charge in [0.15, 0.2) is 23.3 Å². The summed E-state index contributed by atoms with van der Waals surface area (Å²) in [6.45, 7) is 6.45. The van der Waals surface area contributed by atoms with Gasteiger partial charge in [-0.15, -0.1) is 0 Å². The van der Waals surface area contributed by atoms with E-state index in [1.54, 1.807) is 13.8 Å². The molecule has 0 aromatic rings. The quantitative estimate of drug-likeness (QED) is 0.640. The number of hydrogen-bond donors (Lipinski definition) is 1. The molecule has 2 atom stereocenters. The molecule has 1 N–H and O–H groups in total. The molecule has 0 bridgehead atoms. The summed E-state index contributed by atoms with van der Waals surface area (Å²) >= 11 is 0. The number of hydrogen-bond acceptors (Lipinski definition) is 4. The molecule has 13 heavy (non-hydrogen) atoms. The summed E-state index contributed by atoms with van der Waals surface area (Å²) in [5, 5.41) is 8.98. The predicted octanol–water partition coefficient (Wildman–Crippen LogP) is 0.310. The van der Waals surface area contributed by atoms with Crippen molar-refractivity contribution in [2.24, 2.45) is 4.99 Å². The zero-order chi connectivity index (χ0) is 10.1. The number of aliphatic hydroxyl groups excluding tert-OH is 1. The molecule has 0 aromatic carbocycles. The Hall–Kier alpha value is -1.16. The molecule has 0 fully saturated rings. The highest BCUT2D eigenvalue weighted by Crippen LogP contribution is 2.26. The van der Waals surface area contributed by atoms with E-state index in [4.69, 9.17) is 9.84 Å². The van der Waals surface area contributed by atoms with Crippen molar-refractivity contribution in [3.63, 3.8) is 0 Å². The summed E-state index contributed by atoms with van der Waals surface area (Å²) in [6, 6.07) is 0. The third kappa shape index (κ3) is 1.49. The zero-order valence-electron chi connectivity index (χ0n) is 7.78. The van der Waals surface area contributed by atoms with Crippen molar-refractivity contribution in [1.29, 1.82) is 0 Å². The van der Waals surface area contributed by atoms with E-state index in [1.807, 2.05) is 0 Å². The van der Waals surface area contributed by atoms with Crippen molar-refractivity contribution in [2.45, 2.75) is 25.5 Å². The standard InChI is InChI=1S/C9H13NO3/c1-4-7(12)9(3)8(5-11)13-6(2)10-9/h4,8,11H,1,5H2,2-3H3. The van der Waals surface area contributed by atoms with Crippen molar-refractivity contribution in [3.05, 3.63) is 12.7 Å². The van der Waals surface area contributed by atoms with Gasteiger partial charge in [-0.3, -0.25) is 4.79 Å². The first-order valence-corrected chi connectivity index (χ1v) is 4.05. The molecule has 0 aliphatic carbocycles. The fourth-order valence-electron chi connectivity index (χ4n) is 1.38. The second-order valence-corrected chi connectivity index (χ2v) is 3.14. The number of carbonyl (C=O) groups is 1. The number of ether oxygens (including phenoxy) is 1. The lowest BCUT2D eigenvalue weighted by molar-refractivity contribution is -0.121. The SMILES string of the molecule is C=CC(=O)C1(C)N=C(C)OC1CO. The fraction of sp³-hybridized carbons (Fsp3) is 0.556. The average molecular weight is 183 g/mol. The summed E-state index contributed by atoms with van der Waals surface area (Å²) < 4.78 is 5.18. The molecule has 1 rings (SSSR count). The molecule has 4 nitrogen and oxygen atoms in total. The fourth-order valence-corrected chi connectivity index (χ4v) is 1.38. The maximum atomic E-state index is 11.4. The lowest BCUT2D eigenvalue weighted by atomic mass is 9.91. The van der Waals surface area contributed by atoms with Crippen LogP contribution in [0.5, 0.6) is 0 Å². The molecule has 4 heteroatoms. The molecule has 1 aliphatic heterocycles. The van der Waals surface area contributed by atoms with E-state index in [9.17, 15) is 4.79 Å². The van der Waals surface area contributed by atoms with Crippen LogP contribution in [0.15, 0.2) is 17.6 Å². The third-order valence-corrected chi connectivity index (χ3v) is 2.18. The van der Waals surface area contributed by atoms with Gasteiger partial charge in [0.2, 0.25) is 0 Å². The van der Waals surface area contributed by atoms with Gasteiger partial charge in [-0.25, -0.2) is 4.99 Å². The summed E-state index contributed by atoms with van der Waals surface area (Å²) in [4.78, 5) is 15.5. The number of aliphatic hydroxyl groups is 1. The average Bonchev–Trinajstić information content (AvgIpc) is 2.40. The Kier molecular flexibility index (Phi) is 2.52. The summed E-state index contributed by atoms with van der Waals surface area (Å²) in [6.07, 6.45) is 0.617. The van der Waals surface area contributed by atoms with Crippen LogP contribution >= 0.6 is 0 Å². The smallest absolute Gasteiger partial charge is 0.186 e. The summed E-state index contributed by atoms with van der Waals surface area (Å²) in [7, 11) is 0. The highest BCUT2D eigenvalue weighted by molar-refractivity contribution is 6.00. The number of nitrogens with zero attached hydrogens (tertiary/aromatic N) is 1. The topological polar surface area (TPSA) is 58.9 Å². The monoisotopic (exact) mass is 183 g/mol. The van der Waals surface area contributed by atoms with Crippen molar-refractivity contribution < 1.29 is 14.6 Å². The van der Waals surface area contributed by atoms with E-state index in [0.29, 0.717) is 5.90 Å². The molecule has 1 aliphatic rings. The van der Waals surface area contributed by atoms with E-state index < -0.39 is 11.6 Å². The van der Waals surface area contributed by atoms with Crippen LogP contribution in [0.25, 0.3) is 0 Å². The van der Waals surface area contributed by atoms with E-state index >= 15 is 0 Å². The Morgan fingerprint density at radius 1 is 1.92 bits per heavy atom. The molecular weight excluding hydrogens is 170 g/mol. The van der Waals surface area contributed by atoms with Gasteiger partial charge < -0.3 is 9.84 Å². The van der Waals surface area contributed by atoms with Gasteiger partial charge in [0.25, 0.3) is 0 Å². The minimum absolute atomic E-state index is 0.225. The summed E-state index contributed by atoms with van der Waals surface area (Å²) in [5.74, 6) is 0.195. The van der Waals surface area contributed by atoms with E-state index in [2.05, 4.69) is 11.6 Å². The predicted molar refractivity (Wildman–Crippen MR) is 48.7 cm³/mol. The highest BCUT2D eigenvalue weighted by atomic mass is 16.5. The Morgan fingerprint density at radius 3 is 3.00 bits per heavy atom. The third-order valence-electron chi connectivity index (χ3n) is 2.18. The van der Waals surface area contributed by atoms with Gasteiger partial charge in [-0.1, -0.05) is 6.58 Å². The van der Waals surface area contributed by atoms with E-state index in [-0.39, 0.29) is 12.4 Å². The number of rotatable bonds is 3. The lowest BCUT2D eigenvalue weighted by Gasteiger charge is -2.22. The largest absolute Gasteiger partial charge is 0.472 e. The highest BCUT2D eigenvalue weighted by Gasteiger charge is 2.45. The maximum absolute atomic E-state index is 11.4. The zero-order valence-corrected chi connectivity index (χ0v) is 7.78. The van der Waals surface area contributed by atoms with Gasteiger partial charge >= 0.3 is 0 Å². The molecule has 0 amide bonds. The summed E-state index contributed by atoms with van der Waals surface area (Å²) in [5.41, 5.74) is -0.999. The van der Waals surface area contributed by atoms with E-state index in [0.717, 1.165) is 0 Å². The van der Waals surface area contributed by atoms with Gasteiger partial charge in [-0.05, 0) is 13.0 Å². The van der Waals surface area contributed by atoms with Crippen LogP contribution in [0.4, 0.5) is 0 Å². The van der Waals surface area contributed by atoms with E-state index in [1.165, 1.54) is 6.08 Å². The van der Waals surface area contributed by atoms with Crippen LogP contribution in [-0.4, -0.2) is 35.0 Å². The van der Waals surface area contributed by atoms with Crippen LogP contribution < -0.4 is 0 Å². The first kappa shape index (κ1) is 9.92. The van der Waals surface area contributed by atoms with Crippen molar-refractivity contribution in [2.75, 3.05) is 6.61 Å². The van der Waals surface area contributed by atoms with Gasteiger partial charge in [0, 0.05) is 6.92 Å². The molecule has 72 valence electrons. The molecule has 0 saturated carbocycles. The van der Waals surface area contributed by atoms with Crippen molar-refractivity contribution in [3.8, 4) is 0 Å². The van der Waals surface area contributed by atoms with Crippen molar-refractivity contribution >= 4 is 11.7 Å². The lowest BCUT2D eigenvalue weighted by Crippen LogP contribution is -2.44. The Bertz CT molecular complexity index is 272. The minimum Gasteiger partial charge on any atom is -0.472 e. The molecule has 0 aromatic heterocycles. The van der Waals surface area contributed by atoms with Gasteiger partial charge in [-0.2, -0.15) is 0 Å². The van der Waals surface area contributed by atoms with Crippen LogP contribution in [0, 0.1) is 0 Å².